The zero-order chi connectivity index (χ0) is 24.0. The molecule has 34 heavy (non-hydrogen) atoms. The summed E-state index contributed by atoms with van der Waals surface area (Å²) in [6, 6.07) is 14.5. The number of nitrogens with zero attached hydrogens (tertiary/aromatic N) is 5. The van der Waals surface area contributed by atoms with E-state index in [1.807, 2.05) is 49.3 Å². The van der Waals surface area contributed by atoms with Crippen LogP contribution in [0.25, 0.3) is 32.8 Å². The predicted octanol–water partition coefficient (Wildman–Crippen LogP) is 4.63. The topological polar surface area (TPSA) is 88.3 Å². The number of phenolic OH excluding ortho intramolecular Hbond substituents is 1. The molecule has 0 unspecified atom stereocenters. The summed E-state index contributed by atoms with van der Waals surface area (Å²) < 4.78 is 16.2. The minimum Gasteiger partial charge on any atom is -0.508 e. The van der Waals surface area contributed by atoms with E-state index in [0.717, 1.165) is 23.9 Å². The van der Waals surface area contributed by atoms with Gasteiger partial charge in [-0.2, -0.15) is 10.2 Å². The van der Waals surface area contributed by atoms with Crippen molar-refractivity contribution >= 4 is 45.0 Å². The lowest BCUT2D eigenvalue weighted by molar-refractivity contribution is 0.245. The van der Waals surface area contributed by atoms with Gasteiger partial charge < -0.3 is 20.2 Å². The molecule has 0 bridgehead atoms. The Balaban J connectivity index is 1.72. The molecule has 1 fully saturated rings. The van der Waals surface area contributed by atoms with Crippen molar-refractivity contribution in [3.05, 3.63) is 53.3 Å². The number of nitrogens with one attached hydrogen (secondary N) is 1. The Morgan fingerprint density at radius 3 is 2.71 bits per heavy atom. The smallest absolute Gasteiger partial charge is 0.228 e. The number of aromatic nitrogens is 2. The zero-order valence-electron chi connectivity index (χ0n) is 18.7. The van der Waals surface area contributed by atoms with Gasteiger partial charge in [0.15, 0.2) is 5.82 Å². The number of halogens is 2. The van der Waals surface area contributed by atoms with Gasteiger partial charge in [0, 0.05) is 30.1 Å². The van der Waals surface area contributed by atoms with Crippen LogP contribution in [0.4, 0.5) is 16.2 Å². The van der Waals surface area contributed by atoms with E-state index < -0.39 is 5.82 Å². The Hall–Kier alpha value is -3.67. The average molecular weight is 477 g/mol. The van der Waals surface area contributed by atoms with Crippen LogP contribution in [0.15, 0.2) is 42.5 Å². The molecule has 1 saturated heterocycles. The molecule has 0 radical (unpaired) electrons. The molecule has 4 aromatic rings. The van der Waals surface area contributed by atoms with Crippen LogP contribution in [0.1, 0.15) is 0 Å². The minimum absolute atomic E-state index is 0.00403. The normalized spacial score (nSPS) is 13.9. The van der Waals surface area contributed by atoms with E-state index in [1.165, 1.54) is 6.07 Å². The Bertz CT molecular complexity index is 1460. The number of benzene rings is 3. The third-order valence-corrected chi connectivity index (χ3v) is 6.50. The van der Waals surface area contributed by atoms with Crippen LogP contribution in [0.5, 0.6) is 5.75 Å². The highest BCUT2D eigenvalue weighted by Gasteiger charge is 2.31. The lowest BCUT2D eigenvalue weighted by Crippen LogP contribution is -2.58. The highest BCUT2D eigenvalue weighted by Crippen LogP contribution is 2.42. The van der Waals surface area contributed by atoms with Gasteiger partial charge in [-0.1, -0.05) is 35.9 Å². The number of phenols is 1. The van der Waals surface area contributed by atoms with Gasteiger partial charge in [0.2, 0.25) is 5.95 Å². The Morgan fingerprint density at radius 2 is 1.97 bits per heavy atom. The number of aromatic hydroxyl groups is 1. The third kappa shape index (κ3) is 3.73. The van der Waals surface area contributed by atoms with Gasteiger partial charge in [-0.3, -0.25) is 0 Å². The summed E-state index contributed by atoms with van der Waals surface area (Å²) in [5.41, 5.74) is 0.737. The number of fused-ring (bicyclic) bond motifs is 2. The molecule has 2 N–H and O–H groups in total. The van der Waals surface area contributed by atoms with E-state index in [9.17, 15) is 5.11 Å². The quantitative estimate of drug-likeness (QED) is 0.406. The van der Waals surface area contributed by atoms with Crippen molar-refractivity contribution in [1.29, 1.82) is 5.26 Å². The monoisotopic (exact) mass is 476 g/mol. The van der Waals surface area contributed by atoms with Gasteiger partial charge in [-0.25, -0.2) is 9.37 Å². The van der Waals surface area contributed by atoms with Crippen molar-refractivity contribution in [3.63, 3.8) is 0 Å². The average Bonchev–Trinajstić information content (AvgIpc) is 2.76. The summed E-state index contributed by atoms with van der Waals surface area (Å²) in [6.45, 7) is 1.44. The summed E-state index contributed by atoms with van der Waals surface area (Å²) in [5, 5.41) is 24.4. The molecule has 3 aromatic carbocycles. The number of likely N-dealkylation sites (N-methyl/N-ethyl adjacent to an activating group) is 1. The molecule has 9 heteroatoms. The highest BCUT2D eigenvalue weighted by molar-refractivity contribution is 6.35. The second kappa shape index (κ2) is 8.60. The first-order chi connectivity index (χ1) is 16.4. The Kier molecular flexibility index (Phi) is 5.60. The van der Waals surface area contributed by atoms with E-state index in [-0.39, 0.29) is 28.4 Å². The van der Waals surface area contributed by atoms with Crippen molar-refractivity contribution in [2.24, 2.45) is 0 Å². The minimum atomic E-state index is -0.605. The highest BCUT2D eigenvalue weighted by atomic mass is 35.5. The van der Waals surface area contributed by atoms with Gasteiger partial charge in [0.25, 0.3) is 0 Å². The van der Waals surface area contributed by atoms with Gasteiger partial charge in [0.05, 0.1) is 11.1 Å². The number of nitriles is 1. The molecule has 7 nitrogen and oxygen atoms in total. The van der Waals surface area contributed by atoms with Crippen LogP contribution in [-0.2, 0) is 0 Å². The summed E-state index contributed by atoms with van der Waals surface area (Å²) in [4.78, 5) is 13.2. The van der Waals surface area contributed by atoms with Gasteiger partial charge in [-0.05, 0) is 48.6 Å². The number of rotatable bonds is 5. The van der Waals surface area contributed by atoms with Crippen LogP contribution in [0.2, 0.25) is 5.02 Å². The van der Waals surface area contributed by atoms with Crippen molar-refractivity contribution in [1.82, 2.24) is 14.9 Å². The molecule has 0 spiro atoms. The molecule has 0 amide bonds. The number of anilines is 2. The second-order valence-electron chi connectivity index (χ2n) is 8.56. The van der Waals surface area contributed by atoms with Crippen LogP contribution in [0.3, 0.4) is 0 Å². The van der Waals surface area contributed by atoms with E-state index in [1.54, 1.807) is 12.1 Å². The fraction of sp³-hybridized carbons (Fsp3) is 0.240. The summed E-state index contributed by atoms with van der Waals surface area (Å²) in [7, 11) is 4.02. The molecule has 0 aliphatic carbocycles. The van der Waals surface area contributed by atoms with E-state index in [0.29, 0.717) is 28.8 Å². The van der Waals surface area contributed by atoms with Crippen LogP contribution in [-0.4, -0.2) is 59.7 Å². The van der Waals surface area contributed by atoms with E-state index >= 15 is 4.39 Å². The van der Waals surface area contributed by atoms with Gasteiger partial charge in [-0.15, -0.1) is 0 Å². The van der Waals surface area contributed by atoms with Crippen molar-refractivity contribution in [2.45, 2.75) is 6.04 Å². The zero-order valence-corrected chi connectivity index (χ0v) is 19.4. The maximum Gasteiger partial charge on any atom is 0.228 e. The first kappa shape index (κ1) is 22.1. The molecule has 1 aliphatic heterocycles. The first-order valence-electron chi connectivity index (χ1n) is 10.8. The summed E-state index contributed by atoms with van der Waals surface area (Å²) in [5.74, 6) is 0.146. The lowest BCUT2D eigenvalue weighted by atomic mass is 9.96. The fourth-order valence-corrected chi connectivity index (χ4v) is 4.57. The SMILES string of the molecule is CN(C)C1CN(c2nc(NCC#N)c3cc(Cl)c(-c4cc(O)cc5ccccc45)c(F)c3n2)C1. The molecular formula is C25H22ClFN6O. The van der Waals surface area contributed by atoms with Crippen molar-refractivity contribution in [2.75, 3.05) is 43.9 Å². The lowest BCUT2D eigenvalue weighted by Gasteiger charge is -2.42. The Morgan fingerprint density at radius 1 is 1.21 bits per heavy atom. The maximum absolute atomic E-state index is 16.2. The van der Waals surface area contributed by atoms with Crippen molar-refractivity contribution < 1.29 is 9.50 Å². The molecule has 2 heterocycles. The number of hydrogen-bond acceptors (Lipinski definition) is 7. The molecule has 1 aliphatic rings. The molecule has 0 atom stereocenters. The predicted molar refractivity (Wildman–Crippen MR) is 133 cm³/mol. The Labute approximate surface area is 201 Å². The molecule has 1 aromatic heterocycles. The van der Waals surface area contributed by atoms with Crippen LogP contribution in [0, 0.1) is 17.1 Å². The molecule has 5 rings (SSSR count). The van der Waals surface area contributed by atoms with E-state index in [2.05, 4.69) is 20.2 Å². The van der Waals surface area contributed by atoms with Crippen LogP contribution < -0.4 is 10.2 Å². The summed E-state index contributed by atoms with van der Waals surface area (Å²) in [6.07, 6.45) is 0. The fourth-order valence-electron chi connectivity index (χ4n) is 4.28. The molecule has 0 saturated carbocycles. The maximum atomic E-state index is 16.2. The van der Waals surface area contributed by atoms with Crippen molar-refractivity contribution in [3.8, 4) is 22.9 Å². The third-order valence-electron chi connectivity index (χ3n) is 6.20. The van der Waals surface area contributed by atoms with Gasteiger partial charge in [0.1, 0.15) is 23.6 Å². The molecular weight excluding hydrogens is 455 g/mol. The van der Waals surface area contributed by atoms with Crippen LogP contribution >= 0.6 is 11.6 Å². The molecule has 172 valence electrons. The second-order valence-corrected chi connectivity index (χ2v) is 8.97. The largest absolute Gasteiger partial charge is 0.508 e. The van der Waals surface area contributed by atoms with Gasteiger partial charge >= 0.3 is 0 Å². The van der Waals surface area contributed by atoms with E-state index in [4.69, 9.17) is 16.9 Å². The summed E-state index contributed by atoms with van der Waals surface area (Å²) >= 11 is 6.61. The standard InChI is InChI=1S/C25H22ClFN6O/c1-32(2)15-12-33(13-15)25-30-23-19(24(31-25)29-8-7-28)11-20(26)21(22(23)27)18-10-16(34)9-14-5-3-4-6-17(14)18/h3-6,9-11,15,34H,8,12-13H2,1-2H3,(H,29,30,31). The first-order valence-corrected chi connectivity index (χ1v) is 11.2. The number of hydrogen-bond donors (Lipinski definition) is 2.